The topological polar surface area (TPSA) is 46.3 Å². The first-order valence-corrected chi connectivity index (χ1v) is 7.27. The van der Waals surface area contributed by atoms with Gasteiger partial charge in [-0.25, -0.2) is 0 Å². The fraction of sp³-hybridized carbons (Fsp3) is 0.533. The predicted octanol–water partition coefficient (Wildman–Crippen LogP) is 2.95. The number of amides is 1. The van der Waals surface area contributed by atoms with Gasteiger partial charge in [-0.2, -0.15) is 0 Å². The molecule has 1 aliphatic rings. The van der Waals surface area contributed by atoms with Crippen LogP contribution < -0.4 is 5.73 Å². The second kappa shape index (κ2) is 6.40. The standard InChI is InChI=1S/C15H21ClN2O/c1-2-3-12-7-15(19)18(9-12)10-13-5-4-11(8-17)6-14(13)16/h4-6,12H,2-3,7-10,17H2,1H3. The van der Waals surface area contributed by atoms with Gasteiger partial charge in [0.25, 0.3) is 0 Å². The van der Waals surface area contributed by atoms with Gasteiger partial charge in [-0.1, -0.05) is 37.1 Å². The number of carbonyl (C=O) groups excluding carboxylic acids is 1. The van der Waals surface area contributed by atoms with Gasteiger partial charge in [0.05, 0.1) is 0 Å². The van der Waals surface area contributed by atoms with Crippen molar-refractivity contribution < 1.29 is 4.79 Å². The number of rotatable bonds is 5. The minimum atomic E-state index is 0.248. The van der Waals surface area contributed by atoms with Crippen LogP contribution in [0.25, 0.3) is 0 Å². The molecule has 0 spiro atoms. The van der Waals surface area contributed by atoms with Crippen LogP contribution in [0.4, 0.5) is 0 Å². The fourth-order valence-electron chi connectivity index (χ4n) is 2.66. The van der Waals surface area contributed by atoms with Gasteiger partial charge in [0.2, 0.25) is 5.91 Å². The lowest BCUT2D eigenvalue weighted by molar-refractivity contribution is -0.128. The third kappa shape index (κ3) is 3.48. The maximum absolute atomic E-state index is 12.0. The van der Waals surface area contributed by atoms with E-state index in [9.17, 15) is 4.79 Å². The number of halogens is 1. The molecule has 1 fully saturated rings. The minimum absolute atomic E-state index is 0.248. The van der Waals surface area contributed by atoms with Crippen molar-refractivity contribution in [3.8, 4) is 0 Å². The molecule has 0 bridgehead atoms. The van der Waals surface area contributed by atoms with Gasteiger partial charge in [0.15, 0.2) is 0 Å². The molecule has 104 valence electrons. The van der Waals surface area contributed by atoms with Crippen molar-refractivity contribution in [1.29, 1.82) is 0 Å². The molecule has 19 heavy (non-hydrogen) atoms. The highest BCUT2D eigenvalue weighted by molar-refractivity contribution is 6.31. The first kappa shape index (κ1) is 14.4. The highest BCUT2D eigenvalue weighted by atomic mass is 35.5. The van der Waals surface area contributed by atoms with E-state index in [4.69, 9.17) is 17.3 Å². The van der Waals surface area contributed by atoms with E-state index in [2.05, 4.69) is 6.92 Å². The second-order valence-corrected chi connectivity index (χ2v) is 5.67. The Morgan fingerprint density at radius 1 is 1.47 bits per heavy atom. The fourth-order valence-corrected chi connectivity index (χ4v) is 2.92. The lowest BCUT2D eigenvalue weighted by atomic mass is 10.0. The summed E-state index contributed by atoms with van der Waals surface area (Å²) in [5, 5.41) is 0.703. The largest absolute Gasteiger partial charge is 0.338 e. The molecule has 1 amide bonds. The van der Waals surface area contributed by atoms with Gasteiger partial charge in [-0.05, 0) is 29.5 Å². The Hall–Kier alpha value is -1.06. The molecule has 4 heteroatoms. The lowest BCUT2D eigenvalue weighted by Crippen LogP contribution is -2.24. The third-order valence-electron chi connectivity index (χ3n) is 3.71. The molecule has 0 radical (unpaired) electrons. The SMILES string of the molecule is CCCC1CC(=O)N(Cc2ccc(CN)cc2Cl)C1. The van der Waals surface area contributed by atoms with Crippen LogP contribution in [0.1, 0.15) is 37.3 Å². The van der Waals surface area contributed by atoms with Crippen LogP contribution in [0.2, 0.25) is 5.02 Å². The molecular weight excluding hydrogens is 260 g/mol. The van der Waals surface area contributed by atoms with E-state index < -0.39 is 0 Å². The van der Waals surface area contributed by atoms with Crippen molar-refractivity contribution in [2.45, 2.75) is 39.3 Å². The van der Waals surface area contributed by atoms with Gasteiger partial charge in [0.1, 0.15) is 0 Å². The minimum Gasteiger partial charge on any atom is -0.338 e. The summed E-state index contributed by atoms with van der Waals surface area (Å²) < 4.78 is 0. The zero-order valence-electron chi connectivity index (χ0n) is 11.4. The molecule has 0 aliphatic carbocycles. The first-order valence-electron chi connectivity index (χ1n) is 6.89. The maximum atomic E-state index is 12.0. The predicted molar refractivity (Wildman–Crippen MR) is 77.8 cm³/mol. The van der Waals surface area contributed by atoms with Gasteiger partial charge in [0, 0.05) is 31.1 Å². The highest BCUT2D eigenvalue weighted by Gasteiger charge is 2.28. The Morgan fingerprint density at radius 2 is 2.26 bits per heavy atom. The van der Waals surface area contributed by atoms with Gasteiger partial charge < -0.3 is 10.6 Å². The highest BCUT2D eigenvalue weighted by Crippen LogP contribution is 2.26. The van der Waals surface area contributed by atoms with Crippen LogP contribution in [-0.2, 0) is 17.9 Å². The summed E-state index contributed by atoms with van der Waals surface area (Å²) in [6.07, 6.45) is 2.95. The van der Waals surface area contributed by atoms with E-state index in [1.165, 1.54) is 0 Å². The molecule has 2 rings (SSSR count). The summed E-state index contributed by atoms with van der Waals surface area (Å²) in [4.78, 5) is 13.9. The van der Waals surface area contributed by atoms with Crippen LogP contribution in [-0.4, -0.2) is 17.4 Å². The second-order valence-electron chi connectivity index (χ2n) is 5.26. The summed E-state index contributed by atoms with van der Waals surface area (Å²) in [6, 6.07) is 5.84. The van der Waals surface area contributed by atoms with Crippen molar-refractivity contribution in [1.82, 2.24) is 4.90 Å². The number of nitrogens with zero attached hydrogens (tertiary/aromatic N) is 1. The van der Waals surface area contributed by atoms with Crippen LogP contribution >= 0.6 is 11.6 Å². The molecule has 0 aromatic heterocycles. The average Bonchev–Trinajstić information content (AvgIpc) is 2.73. The van der Waals surface area contributed by atoms with Crippen molar-refractivity contribution in [3.63, 3.8) is 0 Å². The molecule has 3 nitrogen and oxygen atoms in total. The van der Waals surface area contributed by atoms with Gasteiger partial charge in [-0.15, -0.1) is 0 Å². The molecule has 1 atom stereocenters. The Bertz CT molecular complexity index is 461. The van der Waals surface area contributed by atoms with Crippen LogP contribution in [0.5, 0.6) is 0 Å². The first-order chi connectivity index (χ1) is 9.13. The Morgan fingerprint density at radius 3 is 2.89 bits per heavy atom. The van der Waals surface area contributed by atoms with Crippen LogP contribution in [0.3, 0.4) is 0 Å². The smallest absolute Gasteiger partial charge is 0.223 e. The number of benzene rings is 1. The van der Waals surface area contributed by atoms with E-state index in [1.54, 1.807) is 0 Å². The molecular formula is C15H21ClN2O. The average molecular weight is 281 g/mol. The van der Waals surface area contributed by atoms with Crippen LogP contribution in [0, 0.1) is 5.92 Å². The molecule has 0 saturated carbocycles. The molecule has 1 aliphatic heterocycles. The molecule has 1 aromatic carbocycles. The normalized spacial score (nSPS) is 19.2. The summed E-state index contributed by atoms with van der Waals surface area (Å²) in [7, 11) is 0. The molecule has 1 saturated heterocycles. The summed E-state index contributed by atoms with van der Waals surface area (Å²) >= 11 is 6.24. The van der Waals surface area contributed by atoms with Crippen LogP contribution in [0.15, 0.2) is 18.2 Å². The molecule has 1 unspecified atom stereocenters. The monoisotopic (exact) mass is 280 g/mol. The number of carbonyl (C=O) groups is 1. The van der Waals surface area contributed by atoms with Crippen molar-refractivity contribution in [2.75, 3.05) is 6.54 Å². The van der Waals surface area contributed by atoms with Crippen molar-refractivity contribution >= 4 is 17.5 Å². The number of hydrogen-bond acceptors (Lipinski definition) is 2. The Kier molecular flexibility index (Phi) is 4.83. The third-order valence-corrected chi connectivity index (χ3v) is 4.06. The Labute approximate surface area is 119 Å². The van der Waals surface area contributed by atoms with Crippen molar-refractivity contribution in [2.24, 2.45) is 11.7 Å². The molecule has 2 N–H and O–H groups in total. The van der Waals surface area contributed by atoms with Gasteiger partial charge in [-0.3, -0.25) is 4.79 Å². The van der Waals surface area contributed by atoms with E-state index in [0.29, 0.717) is 30.5 Å². The zero-order valence-corrected chi connectivity index (χ0v) is 12.1. The van der Waals surface area contributed by atoms with Gasteiger partial charge >= 0.3 is 0 Å². The summed E-state index contributed by atoms with van der Waals surface area (Å²) in [6.45, 7) is 4.13. The van der Waals surface area contributed by atoms with E-state index in [0.717, 1.165) is 30.5 Å². The maximum Gasteiger partial charge on any atom is 0.223 e. The summed E-state index contributed by atoms with van der Waals surface area (Å²) in [5.41, 5.74) is 7.61. The zero-order chi connectivity index (χ0) is 13.8. The number of likely N-dealkylation sites (tertiary alicyclic amines) is 1. The summed E-state index contributed by atoms with van der Waals surface area (Å²) in [5.74, 6) is 0.761. The van der Waals surface area contributed by atoms with E-state index in [-0.39, 0.29) is 5.91 Å². The number of hydrogen-bond donors (Lipinski definition) is 1. The quantitative estimate of drug-likeness (QED) is 0.901. The van der Waals surface area contributed by atoms with E-state index in [1.807, 2.05) is 23.1 Å². The number of nitrogens with two attached hydrogens (primary N) is 1. The lowest BCUT2D eigenvalue weighted by Gasteiger charge is -2.18. The Balaban J connectivity index is 2.03. The van der Waals surface area contributed by atoms with Crippen molar-refractivity contribution in [3.05, 3.63) is 34.3 Å². The molecule has 1 heterocycles. The molecule has 1 aromatic rings. The van der Waals surface area contributed by atoms with E-state index >= 15 is 0 Å².